The summed E-state index contributed by atoms with van der Waals surface area (Å²) in [6, 6.07) is 4.85. The minimum atomic E-state index is -1.01. The van der Waals surface area contributed by atoms with Gasteiger partial charge in [0.2, 0.25) is 11.8 Å². The standard InChI is InChI=1S/C26H37N3O4S/c1-8-11-18(4)27-23(30)22(20-14-12-19(10-3)13-15-20)29(16-9-2)24(31)21(17-34)28-25(32)33-26(5,6)7/h3,9,12-15,18,21-22,34H,2,8,11,16-17H2,1,4-7H3,(H,27,30)(H,28,32). The zero-order chi connectivity index (χ0) is 25.9. The highest BCUT2D eigenvalue weighted by atomic mass is 32.1. The van der Waals surface area contributed by atoms with Gasteiger partial charge in [-0.1, -0.05) is 37.5 Å². The van der Waals surface area contributed by atoms with E-state index in [1.54, 1.807) is 45.0 Å². The second-order valence-electron chi connectivity index (χ2n) is 9.03. The lowest BCUT2D eigenvalue weighted by Gasteiger charge is -2.34. The van der Waals surface area contributed by atoms with Crippen molar-refractivity contribution in [2.45, 2.75) is 71.2 Å². The molecule has 0 aliphatic rings. The van der Waals surface area contributed by atoms with Crippen LogP contribution in [0.3, 0.4) is 0 Å². The van der Waals surface area contributed by atoms with E-state index in [-0.39, 0.29) is 24.2 Å². The molecule has 0 saturated heterocycles. The summed E-state index contributed by atoms with van der Waals surface area (Å²) in [4.78, 5) is 40.7. The van der Waals surface area contributed by atoms with Crippen LogP contribution in [0.4, 0.5) is 4.79 Å². The zero-order valence-corrected chi connectivity index (χ0v) is 21.7. The number of rotatable bonds is 11. The number of carbonyl (C=O) groups excluding carboxylic acids is 3. The van der Waals surface area contributed by atoms with E-state index < -0.39 is 29.7 Å². The van der Waals surface area contributed by atoms with E-state index in [2.05, 4.69) is 35.8 Å². The molecule has 3 atom stereocenters. The van der Waals surface area contributed by atoms with E-state index in [0.717, 1.165) is 12.8 Å². The van der Waals surface area contributed by atoms with Crippen molar-refractivity contribution in [3.8, 4) is 12.3 Å². The molecule has 34 heavy (non-hydrogen) atoms. The second-order valence-corrected chi connectivity index (χ2v) is 9.39. The van der Waals surface area contributed by atoms with Gasteiger partial charge in [0.1, 0.15) is 17.7 Å². The first-order chi connectivity index (χ1) is 16.0. The molecule has 186 valence electrons. The van der Waals surface area contributed by atoms with Crippen molar-refractivity contribution in [2.75, 3.05) is 12.3 Å². The molecule has 3 amide bonds. The van der Waals surface area contributed by atoms with Gasteiger partial charge >= 0.3 is 6.09 Å². The first kappa shape index (κ1) is 29.1. The number of nitrogens with zero attached hydrogens (tertiary/aromatic N) is 1. The maximum atomic E-state index is 13.6. The van der Waals surface area contributed by atoms with E-state index in [9.17, 15) is 14.4 Å². The summed E-state index contributed by atoms with van der Waals surface area (Å²) in [5.74, 6) is 1.75. The first-order valence-corrected chi connectivity index (χ1v) is 12.0. The summed E-state index contributed by atoms with van der Waals surface area (Å²) in [5, 5.41) is 5.56. The third-order valence-electron chi connectivity index (χ3n) is 4.84. The molecule has 0 heterocycles. The number of hydrogen-bond donors (Lipinski definition) is 3. The lowest BCUT2D eigenvalue weighted by Crippen LogP contribution is -2.54. The van der Waals surface area contributed by atoms with Gasteiger partial charge in [0.25, 0.3) is 0 Å². The first-order valence-electron chi connectivity index (χ1n) is 11.4. The van der Waals surface area contributed by atoms with Crippen LogP contribution in [0, 0.1) is 12.3 Å². The maximum absolute atomic E-state index is 13.6. The Labute approximate surface area is 209 Å². The van der Waals surface area contributed by atoms with Crippen molar-refractivity contribution in [3.05, 3.63) is 48.0 Å². The largest absolute Gasteiger partial charge is 0.444 e. The zero-order valence-electron chi connectivity index (χ0n) is 20.8. The van der Waals surface area contributed by atoms with Gasteiger partial charge in [-0.15, -0.1) is 13.0 Å². The van der Waals surface area contributed by atoms with E-state index in [1.165, 1.54) is 11.0 Å². The van der Waals surface area contributed by atoms with E-state index in [0.29, 0.717) is 11.1 Å². The number of carbonyl (C=O) groups is 3. The number of hydrogen-bond acceptors (Lipinski definition) is 5. The Morgan fingerprint density at radius 3 is 2.32 bits per heavy atom. The molecule has 0 spiro atoms. The molecule has 0 aliphatic carbocycles. The monoisotopic (exact) mass is 487 g/mol. The summed E-state index contributed by atoms with van der Waals surface area (Å²) in [6.45, 7) is 13.0. The molecule has 0 aliphatic heterocycles. The third kappa shape index (κ3) is 9.14. The van der Waals surface area contributed by atoms with Crippen molar-refractivity contribution >= 4 is 30.5 Å². The third-order valence-corrected chi connectivity index (χ3v) is 5.21. The SMILES string of the molecule is C#Cc1ccc(C(C(=O)NC(C)CCC)N(CC=C)C(=O)C(CS)NC(=O)OC(C)(C)C)cc1. The molecule has 1 rings (SSSR count). The normalized spacial score (nSPS) is 13.6. The van der Waals surface area contributed by atoms with Gasteiger partial charge < -0.3 is 20.3 Å². The van der Waals surface area contributed by atoms with Gasteiger partial charge in [-0.25, -0.2) is 4.79 Å². The summed E-state index contributed by atoms with van der Waals surface area (Å²) in [5.41, 5.74) is 0.514. The predicted octanol–water partition coefficient (Wildman–Crippen LogP) is 3.85. The van der Waals surface area contributed by atoms with Crippen molar-refractivity contribution in [2.24, 2.45) is 0 Å². The van der Waals surface area contributed by atoms with Crippen LogP contribution in [0.25, 0.3) is 0 Å². The van der Waals surface area contributed by atoms with Crippen LogP contribution >= 0.6 is 12.6 Å². The molecule has 3 unspecified atom stereocenters. The molecular formula is C26H37N3O4S. The van der Waals surface area contributed by atoms with E-state index in [4.69, 9.17) is 11.2 Å². The number of amides is 3. The molecule has 0 aromatic heterocycles. The highest BCUT2D eigenvalue weighted by molar-refractivity contribution is 7.80. The number of thiol groups is 1. The minimum Gasteiger partial charge on any atom is -0.444 e. The molecule has 1 aromatic rings. The molecule has 0 radical (unpaired) electrons. The molecule has 2 N–H and O–H groups in total. The predicted molar refractivity (Wildman–Crippen MR) is 139 cm³/mol. The van der Waals surface area contributed by atoms with Crippen molar-refractivity contribution in [3.63, 3.8) is 0 Å². The number of terminal acetylenes is 1. The van der Waals surface area contributed by atoms with Crippen LogP contribution in [-0.2, 0) is 14.3 Å². The Balaban J connectivity index is 3.35. The highest BCUT2D eigenvalue weighted by Gasteiger charge is 2.35. The summed E-state index contributed by atoms with van der Waals surface area (Å²) in [6.07, 6.45) is 7.96. The van der Waals surface area contributed by atoms with Crippen molar-refractivity contribution in [1.29, 1.82) is 0 Å². The molecule has 1 aromatic carbocycles. The molecule has 0 bridgehead atoms. The van der Waals surface area contributed by atoms with Crippen LogP contribution in [0.5, 0.6) is 0 Å². The van der Waals surface area contributed by atoms with Gasteiger partial charge in [0, 0.05) is 23.9 Å². The number of alkyl carbamates (subject to hydrolysis) is 1. The van der Waals surface area contributed by atoms with Gasteiger partial charge in [0.05, 0.1) is 0 Å². The lowest BCUT2D eigenvalue weighted by molar-refractivity contribution is -0.141. The van der Waals surface area contributed by atoms with Gasteiger partial charge in [-0.05, 0) is 51.8 Å². The highest BCUT2D eigenvalue weighted by Crippen LogP contribution is 2.24. The smallest absolute Gasteiger partial charge is 0.408 e. The fourth-order valence-corrected chi connectivity index (χ4v) is 3.61. The topological polar surface area (TPSA) is 87.7 Å². The fraction of sp³-hybridized carbons (Fsp3) is 0.500. The minimum absolute atomic E-state index is 0.0162. The summed E-state index contributed by atoms with van der Waals surface area (Å²) in [7, 11) is 0. The summed E-state index contributed by atoms with van der Waals surface area (Å²) >= 11 is 4.25. The second kappa shape index (κ2) is 13.7. The van der Waals surface area contributed by atoms with Crippen LogP contribution in [0.1, 0.15) is 64.6 Å². The quantitative estimate of drug-likeness (QED) is 0.251. The summed E-state index contributed by atoms with van der Waals surface area (Å²) < 4.78 is 5.28. The number of ether oxygens (including phenoxy) is 1. The molecule has 0 fully saturated rings. The van der Waals surface area contributed by atoms with Crippen LogP contribution < -0.4 is 10.6 Å². The fourth-order valence-electron chi connectivity index (χ4n) is 3.36. The van der Waals surface area contributed by atoms with E-state index >= 15 is 0 Å². The van der Waals surface area contributed by atoms with Gasteiger partial charge in [-0.3, -0.25) is 9.59 Å². The average molecular weight is 488 g/mol. The Bertz CT molecular complexity index is 887. The van der Waals surface area contributed by atoms with Crippen molar-refractivity contribution in [1.82, 2.24) is 15.5 Å². The molecule has 7 nitrogen and oxygen atoms in total. The van der Waals surface area contributed by atoms with Gasteiger partial charge in [0.15, 0.2) is 0 Å². The number of nitrogens with one attached hydrogen (secondary N) is 2. The molecular weight excluding hydrogens is 450 g/mol. The Morgan fingerprint density at radius 2 is 1.85 bits per heavy atom. The Morgan fingerprint density at radius 1 is 1.24 bits per heavy atom. The van der Waals surface area contributed by atoms with E-state index in [1.807, 2.05) is 13.8 Å². The Kier molecular flexibility index (Phi) is 11.7. The van der Waals surface area contributed by atoms with Crippen LogP contribution in [-0.4, -0.2) is 52.8 Å². The van der Waals surface area contributed by atoms with Crippen molar-refractivity contribution < 1.29 is 19.1 Å². The van der Waals surface area contributed by atoms with Crippen LogP contribution in [0.15, 0.2) is 36.9 Å². The Hall–Kier alpha value is -2.92. The maximum Gasteiger partial charge on any atom is 0.408 e. The molecule has 0 saturated carbocycles. The molecule has 8 heteroatoms. The van der Waals surface area contributed by atoms with Gasteiger partial charge in [-0.2, -0.15) is 12.6 Å². The number of benzene rings is 1. The average Bonchev–Trinajstić information content (AvgIpc) is 2.76. The van der Waals surface area contributed by atoms with Crippen LogP contribution in [0.2, 0.25) is 0 Å². The lowest BCUT2D eigenvalue weighted by atomic mass is 10.0.